The SMILES string of the molecule is COc1ccc(-c2nnc(CNC(=O)c3ccc(F)cc3)o2)cc1. The molecule has 0 unspecified atom stereocenters. The van der Waals surface area contributed by atoms with Gasteiger partial charge in [0.05, 0.1) is 13.7 Å². The van der Waals surface area contributed by atoms with Crippen LogP contribution in [0.5, 0.6) is 5.75 Å². The van der Waals surface area contributed by atoms with Gasteiger partial charge in [-0.2, -0.15) is 0 Å². The lowest BCUT2D eigenvalue weighted by Crippen LogP contribution is -2.22. The van der Waals surface area contributed by atoms with E-state index in [0.29, 0.717) is 11.5 Å². The van der Waals surface area contributed by atoms with Gasteiger partial charge >= 0.3 is 0 Å². The molecule has 1 aromatic heterocycles. The van der Waals surface area contributed by atoms with Gasteiger partial charge in [0, 0.05) is 11.1 Å². The number of benzene rings is 2. The van der Waals surface area contributed by atoms with Crippen LogP contribution in [0.2, 0.25) is 0 Å². The normalized spacial score (nSPS) is 10.4. The summed E-state index contributed by atoms with van der Waals surface area (Å²) in [6.07, 6.45) is 0. The van der Waals surface area contributed by atoms with Crippen molar-refractivity contribution in [3.8, 4) is 17.2 Å². The second kappa shape index (κ2) is 6.91. The Morgan fingerprint density at radius 2 is 1.83 bits per heavy atom. The molecule has 2 aromatic carbocycles. The molecule has 1 heterocycles. The molecule has 24 heavy (non-hydrogen) atoms. The smallest absolute Gasteiger partial charge is 0.251 e. The summed E-state index contributed by atoms with van der Waals surface area (Å²) in [6, 6.07) is 12.4. The predicted octanol–water partition coefficient (Wildman–Crippen LogP) is 2.81. The Labute approximate surface area is 137 Å². The molecule has 0 fully saturated rings. The first-order valence-electron chi connectivity index (χ1n) is 7.16. The fourth-order valence-electron chi connectivity index (χ4n) is 2.03. The first-order valence-corrected chi connectivity index (χ1v) is 7.16. The number of ether oxygens (including phenoxy) is 1. The summed E-state index contributed by atoms with van der Waals surface area (Å²) in [5.74, 6) is 0.608. The van der Waals surface area contributed by atoms with E-state index in [1.54, 1.807) is 31.4 Å². The molecule has 0 saturated heterocycles. The zero-order valence-corrected chi connectivity index (χ0v) is 12.8. The third kappa shape index (κ3) is 3.57. The van der Waals surface area contributed by atoms with Crippen LogP contribution in [-0.2, 0) is 6.54 Å². The van der Waals surface area contributed by atoms with Gasteiger partial charge in [-0.1, -0.05) is 0 Å². The Bertz CT molecular complexity index is 829. The molecular weight excluding hydrogens is 313 g/mol. The summed E-state index contributed by atoms with van der Waals surface area (Å²) in [4.78, 5) is 11.9. The van der Waals surface area contributed by atoms with E-state index in [1.807, 2.05) is 0 Å². The average Bonchev–Trinajstić information content (AvgIpc) is 3.09. The van der Waals surface area contributed by atoms with E-state index in [-0.39, 0.29) is 18.3 Å². The van der Waals surface area contributed by atoms with Gasteiger partial charge in [0.15, 0.2) is 0 Å². The highest BCUT2D eigenvalue weighted by Gasteiger charge is 2.11. The van der Waals surface area contributed by atoms with Crippen LogP contribution < -0.4 is 10.1 Å². The lowest BCUT2D eigenvalue weighted by Gasteiger charge is -2.02. The Morgan fingerprint density at radius 3 is 2.50 bits per heavy atom. The largest absolute Gasteiger partial charge is 0.497 e. The van der Waals surface area contributed by atoms with Crippen molar-refractivity contribution < 1.29 is 18.3 Å². The van der Waals surface area contributed by atoms with E-state index in [4.69, 9.17) is 9.15 Å². The minimum absolute atomic E-state index is 0.0827. The van der Waals surface area contributed by atoms with Gasteiger partial charge < -0.3 is 14.5 Å². The van der Waals surface area contributed by atoms with E-state index >= 15 is 0 Å². The van der Waals surface area contributed by atoms with Gasteiger partial charge in [-0.3, -0.25) is 4.79 Å². The predicted molar refractivity (Wildman–Crippen MR) is 83.9 cm³/mol. The number of aromatic nitrogens is 2. The third-order valence-electron chi connectivity index (χ3n) is 3.31. The Kier molecular flexibility index (Phi) is 4.51. The molecule has 0 radical (unpaired) electrons. The summed E-state index contributed by atoms with van der Waals surface area (Å²) in [5, 5.41) is 10.5. The molecule has 0 spiro atoms. The number of rotatable bonds is 5. The number of carbonyl (C=O) groups excluding carboxylic acids is 1. The van der Waals surface area contributed by atoms with Crippen molar-refractivity contribution in [2.24, 2.45) is 0 Å². The maximum atomic E-state index is 12.8. The highest BCUT2D eigenvalue weighted by Crippen LogP contribution is 2.21. The minimum atomic E-state index is -0.396. The Hall–Kier alpha value is -3.22. The van der Waals surface area contributed by atoms with Gasteiger partial charge in [-0.05, 0) is 48.5 Å². The van der Waals surface area contributed by atoms with Gasteiger partial charge in [0.2, 0.25) is 11.8 Å². The number of amides is 1. The minimum Gasteiger partial charge on any atom is -0.497 e. The molecule has 1 amide bonds. The topological polar surface area (TPSA) is 77.3 Å². The number of methoxy groups -OCH3 is 1. The van der Waals surface area contributed by atoms with Crippen LogP contribution in [0.1, 0.15) is 16.2 Å². The van der Waals surface area contributed by atoms with Crippen LogP contribution in [0.25, 0.3) is 11.5 Å². The molecule has 0 saturated carbocycles. The van der Waals surface area contributed by atoms with Gasteiger partial charge in [-0.15, -0.1) is 10.2 Å². The van der Waals surface area contributed by atoms with Crippen LogP contribution in [0.4, 0.5) is 4.39 Å². The molecule has 1 N–H and O–H groups in total. The number of halogens is 1. The third-order valence-corrected chi connectivity index (χ3v) is 3.31. The van der Waals surface area contributed by atoms with Gasteiger partial charge in [0.25, 0.3) is 5.91 Å². The number of carbonyl (C=O) groups is 1. The molecule has 0 aliphatic carbocycles. The maximum Gasteiger partial charge on any atom is 0.251 e. The molecule has 6 nitrogen and oxygen atoms in total. The van der Waals surface area contributed by atoms with Crippen LogP contribution in [0.3, 0.4) is 0 Å². The summed E-state index contributed by atoms with van der Waals surface area (Å²) >= 11 is 0. The number of hydrogen-bond acceptors (Lipinski definition) is 5. The Balaban J connectivity index is 1.63. The molecule has 3 rings (SSSR count). The Morgan fingerprint density at radius 1 is 1.12 bits per heavy atom. The lowest BCUT2D eigenvalue weighted by molar-refractivity contribution is 0.0947. The summed E-state index contributed by atoms with van der Waals surface area (Å²) in [7, 11) is 1.59. The monoisotopic (exact) mass is 327 g/mol. The molecule has 7 heteroatoms. The number of hydrogen-bond donors (Lipinski definition) is 1. The average molecular weight is 327 g/mol. The molecule has 0 atom stereocenters. The fourth-order valence-corrected chi connectivity index (χ4v) is 2.03. The van der Waals surface area contributed by atoms with E-state index in [2.05, 4.69) is 15.5 Å². The van der Waals surface area contributed by atoms with E-state index in [1.165, 1.54) is 24.3 Å². The van der Waals surface area contributed by atoms with Crippen LogP contribution >= 0.6 is 0 Å². The van der Waals surface area contributed by atoms with Crippen molar-refractivity contribution in [2.45, 2.75) is 6.54 Å². The molecule has 3 aromatic rings. The maximum absolute atomic E-state index is 12.8. The molecule has 0 bridgehead atoms. The van der Waals surface area contributed by atoms with Gasteiger partial charge in [0.1, 0.15) is 11.6 Å². The van der Waals surface area contributed by atoms with Crippen molar-refractivity contribution >= 4 is 5.91 Å². The second-order valence-electron chi connectivity index (χ2n) is 4.92. The van der Waals surface area contributed by atoms with Crippen molar-refractivity contribution in [1.82, 2.24) is 15.5 Å². The highest BCUT2D eigenvalue weighted by atomic mass is 19.1. The number of nitrogens with one attached hydrogen (secondary N) is 1. The quantitative estimate of drug-likeness (QED) is 0.780. The summed E-state index contributed by atoms with van der Waals surface area (Å²) in [5.41, 5.74) is 1.10. The van der Waals surface area contributed by atoms with Crippen molar-refractivity contribution in [3.05, 3.63) is 65.8 Å². The first kappa shape index (κ1) is 15.7. The van der Waals surface area contributed by atoms with Crippen LogP contribution in [0.15, 0.2) is 52.9 Å². The molecule has 122 valence electrons. The highest BCUT2D eigenvalue weighted by molar-refractivity contribution is 5.94. The van der Waals surface area contributed by atoms with E-state index in [9.17, 15) is 9.18 Å². The zero-order chi connectivity index (χ0) is 16.9. The van der Waals surface area contributed by atoms with E-state index < -0.39 is 5.82 Å². The number of nitrogens with zero attached hydrogens (tertiary/aromatic N) is 2. The summed E-state index contributed by atoms with van der Waals surface area (Å²) < 4.78 is 23.4. The zero-order valence-electron chi connectivity index (χ0n) is 12.8. The van der Waals surface area contributed by atoms with Crippen molar-refractivity contribution in [1.29, 1.82) is 0 Å². The molecular formula is C17H14FN3O3. The standard InChI is InChI=1S/C17H14FN3O3/c1-23-14-8-4-12(5-9-14)17-21-20-15(24-17)10-19-16(22)11-2-6-13(18)7-3-11/h2-9H,10H2,1H3,(H,19,22). The van der Waals surface area contributed by atoms with Crippen LogP contribution in [-0.4, -0.2) is 23.2 Å². The second-order valence-corrected chi connectivity index (χ2v) is 4.92. The lowest BCUT2D eigenvalue weighted by atomic mass is 10.2. The van der Waals surface area contributed by atoms with Gasteiger partial charge in [-0.25, -0.2) is 4.39 Å². The van der Waals surface area contributed by atoms with Crippen LogP contribution in [0, 0.1) is 5.82 Å². The summed E-state index contributed by atoms with van der Waals surface area (Å²) in [6.45, 7) is 0.0827. The van der Waals surface area contributed by atoms with Crippen molar-refractivity contribution in [3.63, 3.8) is 0 Å². The van der Waals surface area contributed by atoms with E-state index in [0.717, 1.165) is 11.3 Å². The first-order chi connectivity index (χ1) is 11.7. The van der Waals surface area contributed by atoms with Crippen molar-refractivity contribution in [2.75, 3.05) is 7.11 Å². The molecule has 0 aliphatic heterocycles. The molecule has 0 aliphatic rings. The fraction of sp³-hybridized carbons (Fsp3) is 0.118.